The van der Waals surface area contributed by atoms with Crippen LogP contribution >= 0.6 is 11.8 Å². The minimum atomic E-state index is -0.940. The summed E-state index contributed by atoms with van der Waals surface area (Å²) in [5.74, 6) is 0.153. The van der Waals surface area contributed by atoms with E-state index in [0.717, 1.165) is 18.6 Å². The van der Waals surface area contributed by atoms with Gasteiger partial charge in [0.1, 0.15) is 4.93 Å². The van der Waals surface area contributed by atoms with Gasteiger partial charge in [-0.3, -0.25) is 4.79 Å². The predicted octanol–water partition coefficient (Wildman–Crippen LogP) is 0.323. The van der Waals surface area contributed by atoms with E-state index in [0.29, 0.717) is 0 Å². The monoisotopic (exact) mass is 175 g/mol. The predicted molar refractivity (Wildman–Crippen MR) is 45.0 cm³/mol. The Morgan fingerprint density at radius 3 is 2.82 bits per heavy atom. The van der Waals surface area contributed by atoms with Gasteiger partial charge in [-0.25, -0.2) is 0 Å². The van der Waals surface area contributed by atoms with Gasteiger partial charge in [-0.15, -0.1) is 11.8 Å². The minimum Gasteiger partial charge on any atom is -0.379 e. The molecule has 3 nitrogen and oxygen atoms in total. The molecule has 1 aliphatic heterocycles. The molecule has 11 heavy (non-hydrogen) atoms. The quantitative estimate of drug-likeness (QED) is 0.603. The van der Waals surface area contributed by atoms with Crippen LogP contribution in [0.3, 0.4) is 0 Å². The highest BCUT2D eigenvalue weighted by Crippen LogP contribution is 2.38. The van der Waals surface area contributed by atoms with Gasteiger partial charge in [0.15, 0.2) is 0 Å². The molecule has 1 fully saturated rings. The average Bonchev–Trinajstić information content (AvgIpc) is 1.85. The van der Waals surface area contributed by atoms with Crippen molar-refractivity contribution in [1.82, 2.24) is 0 Å². The number of nitrogens with two attached hydrogens (primary N) is 1. The largest absolute Gasteiger partial charge is 0.379 e. The van der Waals surface area contributed by atoms with Crippen LogP contribution in [0, 0.1) is 5.92 Å². The molecule has 4 heteroatoms. The van der Waals surface area contributed by atoms with Crippen LogP contribution in [-0.4, -0.2) is 21.7 Å². The Labute approximate surface area is 70.3 Å². The van der Waals surface area contributed by atoms with Crippen molar-refractivity contribution in [2.45, 2.75) is 24.7 Å². The molecule has 1 rings (SSSR count). The highest BCUT2D eigenvalue weighted by atomic mass is 32.2. The van der Waals surface area contributed by atoms with E-state index in [1.54, 1.807) is 6.92 Å². The average molecular weight is 175 g/mol. The van der Waals surface area contributed by atoms with Crippen LogP contribution in [0.4, 0.5) is 0 Å². The van der Waals surface area contributed by atoms with E-state index >= 15 is 0 Å². The summed E-state index contributed by atoms with van der Waals surface area (Å²) in [6.45, 7) is 1.66. The fourth-order valence-electron chi connectivity index (χ4n) is 1.34. The number of aliphatic hydroxyl groups is 1. The Bertz CT molecular complexity index is 170. The number of hydrogen-bond acceptors (Lipinski definition) is 3. The van der Waals surface area contributed by atoms with Crippen molar-refractivity contribution >= 4 is 17.7 Å². The van der Waals surface area contributed by atoms with Gasteiger partial charge in [0.05, 0.1) is 5.92 Å². The molecule has 0 radical (unpaired) electrons. The maximum absolute atomic E-state index is 10.8. The van der Waals surface area contributed by atoms with Gasteiger partial charge in [-0.1, -0.05) is 0 Å². The van der Waals surface area contributed by atoms with Crippen LogP contribution in [0.1, 0.15) is 19.8 Å². The molecule has 0 aromatic heterocycles. The van der Waals surface area contributed by atoms with Crippen molar-refractivity contribution in [2.75, 3.05) is 5.75 Å². The van der Waals surface area contributed by atoms with Crippen molar-refractivity contribution < 1.29 is 9.90 Å². The Morgan fingerprint density at radius 1 is 1.82 bits per heavy atom. The van der Waals surface area contributed by atoms with Crippen LogP contribution in [0.25, 0.3) is 0 Å². The second kappa shape index (κ2) is 3.03. The van der Waals surface area contributed by atoms with Crippen molar-refractivity contribution in [2.24, 2.45) is 11.7 Å². The number of carbonyl (C=O) groups is 1. The lowest BCUT2D eigenvalue weighted by molar-refractivity contribution is -0.126. The molecule has 0 aromatic carbocycles. The molecule has 0 saturated carbocycles. The molecule has 0 bridgehead atoms. The van der Waals surface area contributed by atoms with Gasteiger partial charge in [0.2, 0.25) is 5.91 Å². The highest BCUT2D eigenvalue weighted by molar-refractivity contribution is 8.00. The molecule has 1 amide bonds. The first kappa shape index (κ1) is 8.87. The number of primary amides is 1. The SMILES string of the molecule is CC1(O)SCCCC1C(N)=O. The summed E-state index contributed by atoms with van der Waals surface area (Å²) in [7, 11) is 0. The number of carbonyl (C=O) groups excluding carboxylic acids is 1. The van der Waals surface area contributed by atoms with Gasteiger partial charge in [-0.05, 0) is 25.5 Å². The Hall–Kier alpha value is -0.220. The van der Waals surface area contributed by atoms with E-state index in [2.05, 4.69) is 0 Å². The number of hydrogen-bond donors (Lipinski definition) is 2. The maximum atomic E-state index is 10.8. The topological polar surface area (TPSA) is 63.3 Å². The molecule has 2 atom stereocenters. The third-order valence-corrected chi connectivity index (χ3v) is 3.38. The summed E-state index contributed by atoms with van der Waals surface area (Å²) in [4.78, 5) is 9.88. The fourth-order valence-corrected chi connectivity index (χ4v) is 2.50. The van der Waals surface area contributed by atoms with Gasteiger partial charge >= 0.3 is 0 Å². The zero-order valence-corrected chi connectivity index (χ0v) is 7.36. The molecule has 1 heterocycles. The molecule has 64 valence electrons. The van der Waals surface area contributed by atoms with Crippen LogP contribution in [0.15, 0.2) is 0 Å². The first-order chi connectivity index (χ1) is 5.04. The Kier molecular flexibility index (Phi) is 2.44. The Balaban J connectivity index is 2.67. The lowest BCUT2D eigenvalue weighted by atomic mass is 9.96. The van der Waals surface area contributed by atoms with Gasteiger partial charge in [0.25, 0.3) is 0 Å². The maximum Gasteiger partial charge on any atom is 0.224 e. The van der Waals surface area contributed by atoms with Gasteiger partial charge in [-0.2, -0.15) is 0 Å². The van der Waals surface area contributed by atoms with Crippen LogP contribution in [0.5, 0.6) is 0 Å². The van der Waals surface area contributed by atoms with Crippen molar-refractivity contribution in [3.05, 3.63) is 0 Å². The summed E-state index contributed by atoms with van der Waals surface area (Å²) in [5.41, 5.74) is 5.13. The van der Waals surface area contributed by atoms with Crippen molar-refractivity contribution in [1.29, 1.82) is 0 Å². The number of rotatable bonds is 1. The van der Waals surface area contributed by atoms with Gasteiger partial charge in [0, 0.05) is 0 Å². The lowest BCUT2D eigenvalue weighted by Crippen LogP contribution is -2.42. The number of amides is 1. The smallest absolute Gasteiger partial charge is 0.224 e. The zero-order valence-electron chi connectivity index (χ0n) is 6.54. The second-order valence-corrected chi connectivity index (χ2v) is 4.52. The minimum absolute atomic E-state index is 0.374. The normalized spacial score (nSPS) is 38.5. The molecular weight excluding hydrogens is 162 g/mol. The third-order valence-electron chi connectivity index (χ3n) is 2.02. The van der Waals surface area contributed by atoms with E-state index in [1.165, 1.54) is 11.8 Å². The Morgan fingerprint density at radius 2 is 2.45 bits per heavy atom. The van der Waals surface area contributed by atoms with E-state index in [9.17, 15) is 9.90 Å². The summed E-state index contributed by atoms with van der Waals surface area (Å²) in [6.07, 6.45) is 1.68. The lowest BCUT2D eigenvalue weighted by Gasteiger charge is -2.34. The van der Waals surface area contributed by atoms with E-state index in [-0.39, 0.29) is 11.8 Å². The second-order valence-electron chi connectivity index (χ2n) is 3.00. The van der Waals surface area contributed by atoms with Gasteiger partial charge < -0.3 is 10.8 Å². The molecule has 0 spiro atoms. The summed E-state index contributed by atoms with van der Waals surface area (Å²) in [6, 6.07) is 0. The molecule has 1 saturated heterocycles. The molecule has 2 unspecified atom stereocenters. The van der Waals surface area contributed by atoms with Crippen LogP contribution in [0.2, 0.25) is 0 Å². The van der Waals surface area contributed by atoms with E-state index in [1.807, 2.05) is 0 Å². The van der Waals surface area contributed by atoms with Crippen LogP contribution < -0.4 is 5.73 Å². The third kappa shape index (κ3) is 1.87. The molecule has 0 aliphatic carbocycles. The van der Waals surface area contributed by atoms with Crippen LogP contribution in [-0.2, 0) is 4.79 Å². The first-order valence-electron chi connectivity index (χ1n) is 3.69. The zero-order chi connectivity index (χ0) is 8.48. The highest BCUT2D eigenvalue weighted by Gasteiger charge is 2.38. The number of thioether (sulfide) groups is 1. The molecule has 1 aliphatic rings. The molecule has 0 aromatic rings. The fraction of sp³-hybridized carbons (Fsp3) is 0.857. The summed E-state index contributed by atoms with van der Waals surface area (Å²) < 4.78 is 0. The van der Waals surface area contributed by atoms with E-state index < -0.39 is 4.93 Å². The van der Waals surface area contributed by atoms with E-state index in [4.69, 9.17) is 5.73 Å². The molecular formula is C7H13NO2S. The first-order valence-corrected chi connectivity index (χ1v) is 4.68. The summed E-state index contributed by atoms with van der Waals surface area (Å²) >= 11 is 1.41. The van der Waals surface area contributed by atoms with Crippen molar-refractivity contribution in [3.63, 3.8) is 0 Å². The molecule has 3 N–H and O–H groups in total. The standard InChI is InChI=1S/C7H13NO2S/c1-7(10)5(6(8)9)3-2-4-11-7/h5,10H,2-4H2,1H3,(H2,8,9). The summed E-state index contributed by atoms with van der Waals surface area (Å²) in [5, 5.41) is 9.67. The van der Waals surface area contributed by atoms with Crippen molar-refractivity contribution in [3.8, 4) is 0 Å².